The first-order valence-corrected chi connectivity index (χ1v) is 24.8. The second-order valence-corrected chi connectivity index (χ2v) is 16.8. The van der Waals surface area contributed by atoms with Crippen molar-refractivity contribution in [2.45, 2.75) is 323 Å². The lowest BCUT2D eigenvalue weighted by atomic mass is 10.0. The normalized spacial score (nSPS) is 11.3. The van der Waals surface area contributed by atoms with Gasteiger partial charge in [-0.25, -0.2) is 0 Å². The summed E-state index contributed by atoms with van der Waals surface area (Å²) in [5.41, 5.74) is 0. The molecule has 0 N–H and O–H groups in total. The molecule has 0 atom stereocenters. The van der Waals surface area contributed by atoms with Crippen LogP contribution in [0.4, 0.5) is 0 Å². The van der Waals surface area contributed by atoms with Crippen LogP contribution in [0.2, 0.25) is 0 Å². The van der Waals surface area contributed by atoms with Crippen LogP contribution in [0.1, 0.15) is 323 Å². The first kappa shape index (κ1) is 52.1. The zero-order valence-corrected chi connectivity index (χ0v) is 36.5. The minimum absolute atomic E-state index is 1.37. The SMILES string of the molecule is CCCCCCCCCCCCCC.CCCCCCCCCCCCCCCCCCCCCCCCCCCCCCCCCCCC. The van der Waals surface area contributed by atoms with Crippen LogP contribution in [0.25, 0.3) is 0 Å². The molecule has 0 aliphatic rings. The van der Waals surface area contributed by atoms with Crippen molar-refractivity contribution in [1.29, 1.82) is 0 Å². The van der Waals surface area contributed by atoms with Gasteiger partial charge in [0.15, 0.2) is 0 Å². The summed E-state index contributed by atoms with van der Waals surface area (Å²) in [6.45, 7) is 9.19. The van der Waals surface area contributed by atoms with Crippen LogP contribution in [0.15, 0.2) is 0 Å². The molecule has 0 aromatic heterocycles. The molecule has 0 amide bonds. The Bertz CT molecular complexity index is 462. The standard InChI is InChI=1S/C36H74.C14H30/c1-3-5-7-9-11-13-15-17-19-21-23-25-27-29-31-33-35-36-34-32-30-28-26-24-22-20-18-16-14-12-10-8-6-4-2;1-3-5-7-9-11-13-14-12-10-8-6-4-2/h3-36H2,1-2H3;3-14H2,1-2H3. The Balaban J connectivity index is 0. The molecule has 0 aromatic carbocycles. The molecule has 0 saturated carbocycles. The largest absolute Gasteiger partial charge is 0.0654 e. The van der Waals surface area contributed by atoms with Gasteiger partial charge in [0.25, 0.3) is 0 Å². The number of hydrogen-bond acceptors (Lipinski definition) is 0. The second-order valence-electron chi connectivity index (χ2n) is 16.8. The zero-order chi connectivity index (χ0) is 36.5. The van der Waals surface area contributed by atoms with E-state index in [1.807, 2.05) is 0 Å². The fourth-order valence-electron chi connectivity index (χ4n) is 7.72. The molecule has 304 valence electrons. The molecule has 0 saturated heterocycles. The highest BCUT2D eigenvalue weighted by molar-refractivity contribution is 4.53. The Morgan fingerprint density at radius 2 is 0.160 bits per heavy atom. The van der Waals surface area contributed by atoms with Gasteiger partial charge in [-0.05, 0) is 0 Å². The summed E-state index contributed by atoms with van der Waals surface area (Å²) < 4.78 is 0. The Labute approximate surface area is 322 Å². The number of unbranched alkanes of at least 4 members (excludes halogenated alkanes) is 44. The van der Waals surface area contributed by atoms with Crippen molar-refractivity contribution in [2.24, 2.45) is 0 Å². The molecule has 0 spiro atoms. The van der Waals surface area contributed by atoms with E-state index in [2.05, 4.69) is 27.7 Å². The minimum atomic E-state index is 1.37. The molecule has 0 aromatic rings. The fraction of sp³-hybridized carbons (Fsp3) is 1.00. The molecule has 0 aliphatic carbocycles. The molecule has 0 radical (unpaired) electrons. The fourth-order valence-corrected chi connectivity index (χ4v) is 7.72. The van der Waals surface area contributed by atoms with E-state index >= 15 is 0 Å². The first-order chi connectivity index (χ1) is 24.8. The van der Waals surface area contributed by atoms with Gasteiger partial charge in [0.1, 0.15) is 0 Å². The summed E-state index contributed by atoms with van der Waals surface area (Å²) in [7, 11) is 0. The van der Waals surface area contributed by atoms with E-state index < -0.39 is 0 Å². The highest BCUT2D eigenvalue weighted by atomic mass is 14.0. The summed E-state index contributed by atoms with van der Waals surface area (Å²) in [6.07, 6.45) is 67.8. The molecular formula is C50H104. The van der Waals surface area contributed by atoms with Crippen molar-refractivity contribution in [1.82, 2.24) is 0 Å². The maximum absolute atomic E-state index is 2.31. The van der Waals surface area contributed by atoms with Crippen molar-refractivity contribution in [2.75, 3.05) is 0 Å². The van der Waals surface area contributed by atoms with Crippen LogP contribution in [-0.4, -0.2) is 0 Å². The predicted octanol–water partition coefficient (Wildman–Crippen LogP) is 20.0. The molecule has 0 heterocycles. The maximum Gasteiger partial charge on any atom is -0.0533 e. The molecule has 0 rings (SSSR count). The van der Waals surface area contributed by atoms with E-state index in [1.54, 1.807) is 0 Å². The van der Waals surface area contributed by atoms with E-state index in [0.717, 1.165) is 0 Å². The summed E-state index contributed by atoms with van der Waals surface area (Å²) in [5, 5.41) is 0. The van der Waals surface area contributed by atoms with Gasteiger partial charge in [0.05, 0.1) is 0 Å². The maximum atomic E-state index is 2.31. The van der Waals surface area contributed by atoms with Crippen molar-refractivity contribution >= 4 is 0 Å². The van der Waals surface area contributed by atoms with Gasteiger partial charge in [-0.3, -0.25) is 0 Å². The van der Waals surface area contributed by atoms with Crippen LogP contribution in [-0.2, 0) is 0 Å². The van der Waals surface area contributed by atoms with Gasteiger partial charge >= 0.3 is 0 Å². The third kappa shape index (κ3) is 54.8. The zero-order valence-electron chi connectivity index (χ0n) is 36.5. The Hall–Kier alpha value is 0. The Morgan fingerprint density at radius 1 is 0.100 bits per heavy atom. The van der Waals surface area contributed by atoms with Crippen LogP contribution in [0, 0.1) is 0 Å². The molecule has 0 fully saturated rings. The predicted molar refractivity (Wildman–Crippen MR) is 235 cm³/mol. The minimum Gasteiger partial charge on any atom is -0.0654 e. The van der Waals surface area contributed by atoms with Gasteiger partial charge in [0.2, 0.25) is 0 Å². The second kappa shape index (κ2) is 53.4. The van der Waals surface area contributed by atoms with Gasteiger partial charge < -0.3 is 0 Å². The summed E-state index contributed by atoms with van der Waals surface area (Å²) in [4.78, 5) is 0. The molecule has 0 bridgehead atoms. The van der Waals surface area contributed by atoms with Crippen molar-refractivity contribution in [3.63, 3.8) is 0 Å². The van der Waals surface area contributed by atoms with Gasteiger partial charge in [0, 0.05) is 0 Å². The lowest BCUT2D eigenvalue weighted by Gasteiger charge is -2.05. The van der Waals surface area contributed by atoms with Gasteiger partial charge in [-0.1, -0.05) is 323 Å². The average molecular weight is 705 g/mol. The van der Waals surface area contributed by atoms with Crippen molar-refractivity contribution in [3.8, 4) is 0 Å². The molecule has 0 aliphatic heterocycles. The topological polar surface area (TPSA) is 0 Å². The van der Waals surface area contributed by atoms with Crippen molar-refractivity contribution < 1.29 is 0 Å². The highest BCUT2D eigenvalue weighted by Gasteiger charge is 1.97. The lowest BCUT2D eigenvalue weighted by molar-refractivity contribution is 0.511. The highest BCUT2D eigenvalue weighted by Crippen LogP contribution is 2.17. The van der Waals surface area contributed by atoms with Crippen molar-refractivity contribution in [3.05, 3.63) is 0 Å². The van der Waals surface area contributed by atoms with Gasteiger partial charge in [-0.15, -0.1) is 0 Å². The van der Waals surface area contributed by atoms with Gasteiger partial charge in [-0.2, -0.15) is 0 Å². The van der Waals surface area contributed by atoms with E-state index in [-0.39, 0.29) is 0 Å². The Kier molecular flexibility index (Phi) is 55.6. The summed E-state index contributed by atoms with van der Waals surface area (Å²) in [5.74, 6) is 0. The monoisotopic (exact) mass is 705 g/mol. The first-order valence-electron chi connectivity index (χ1n) is 24.8. The van der Waals surface area contributed by atoms with E-state index in [1.165, 1.54) is 295 Å². The quantitative estimate of drug-likeness (QED) is 0.0554. The molecule has 0 unspecified atom stereocenters. The van der Waals surface area contributed by atoms with Crippen LogP contribution < -0.4 is 0 Å². The molecule has 50 heavy (non-hydrogen) atoms. The molecule has 0 nitrogen and oxygen atoms in total. The van der Waals surface area contributed by atoms with Crippen LogP contribution in [0.5, 0.6) is 0 Å². The third-order valence-corrected chi connectivity index (χ3v) is 11.4. The number of rotatable bonds is 44. The smallest absolute Gasteiger partial charge is 0.0533 e. The average Bonchev–Trinajstić information content (AvgIpc) is 3.13. The third-order valence-electron chi connectivity index (χ3n) is 11.4. The number of hydrogen-bond donors (Lipinski definition) is 0. The lowest BCUT2D eigenvalue weighted by Crippen LogP contribution is -1.85. The summed E-state index contributed by atoms with van der Waals surface area (Å²) in [6, 6.07) is 0. The van der Waals surface area contributed by atoms with Crippen LogP contribution in [0.3, 0.4) is 0 Å². The van der Waals surface area contributed by atoms with Crippen LogP contribution >= 0.6 is 0 Å². The van der Waals surface area contributed by atoms with E-state index in [9.17, 15) is 0 Å². The summed E-state index contributed by atoms with van der Waals surface area (Å²) >= 11 is 0. The molecule has 0 heteroatoms. The Morgan fingerprint density at radius 3 is 0.220 bits per heavy atom. The van der Waals surface area contributed by atoms with E-state index in [4.69, 9.17) is 0 Å². The molecular weight excluding hydrogens is 601 g/mol. The van der Waals surface area contributed by atoms with E-state index in [0.29, 0.717) is 0 Å².